The van der Waals surface area contributed by atoms with Crippen molar-refractivity contribution in [1.82, 2.24) is 15.1 Å². The lowest BCUT2D eigenvalue weighted by atomic mass is 9.54. The van der Waals surface area contributed by atoms with Gasteiger partial charge in [-0.1, -0.05) is 12.1 Å². The summed E-state index contributed by atoms with van der Waals surface area (Å²) in [6, 6.07) is 10.5. The van der Waals surface area contributed by atoms with Crippen LogP contribution in [0.25, 0.3) is 5.69 Å². The first-order valence-corrected chi connectivity index (χ1v) is 9.63. The Hall–Kier alpha value is -2.10. The van der Waals surface area contributed by atoms with E-state index < -0.39 is 0 Å². The summed E-state index contributed by atoms with van der Waals surface area (Å²) in [4.78, 5) is 12.6. The van der Waals surface area contributed by atoms with E-state index in [1.807, 2.05) is 41.2 Å². The molecule has 1 amide bonds. The lowest BCUT2D eigenvalue weighted by molar-refractivity contribution is -0.124. The molecule has 130 valence electrons. The largest absolute Gasteiger partial charge is 0.353 e. The van der Waals surface area contributed by atoms with Crippen molar-refractivity contribution in [3.63, 3.8) is 0 Å². The minimum atomic E-state index is 0.185. The quantitative estimate of drug-likeness (QED) is 0.931. The summed E-state index contributed by atoms with van der Waals surface area (Å²) in [5, 5.41) is 7.63. The first kappa shape index (κ1) is 15.2. The van der Waals surface area contributed by atoms with Crippen molar-refractivity contribution in [3.8, 4) is 5.69 Å². The summed E-state index contributed by atoms with van der Waals surface area (Å²) in [5.74, 6) is 3.56. The minimum absolute atomic E-state index is 0.185. The van der Waals surface area contributed by atoms with Gasteiger partial charge in [0, 0.05) is 18.4 Å². The van der Waals surface area contributed by atoms with Crippen LogP contribution in [0.5, 0.6) is 0 Å². The summed E-state index contributed by atoms with van der Waals surface area (Å²) in [6.07, 6.45) is 11.0. The van der Waals surface area contributed by atoms with E-state index in [2.05, 4.69) is 10.4 Å². The van der Waals surface area contributed by atoms with Crippen LogP contribution in [-0.4, -0.2) is 21.7 Å². The van der Waals surface area contributed by atoms with Crippen molar-refractivity contribution in [2.24, 2.45) is 23.7 Å². The summed E-state index contributed by atoms with van der Waals surface area (Å²) >= 11 is 0. The van der Waals surface area contributed by atoms with E-state index in [9.17, 15) is 4.79 Å². The minimum Gasteiger partial charge on any atom is -0.353 e. The van der Waals surface area contributed by atoms with E-state index in [4.69, 9.17) is 0 Å². The third-order valence-corrected chi connectivity index (χ3v) is 6.62. The van der Waals surface area contributed by atoms with Crippen molar-refractivity contribution in [3.05, 3.63) is 48.3 Å². The molecule has 4 saturated carbocycles. The van der Waals surface area contributed by atoms with Gasteiger partial charge in [0.2, 0.25) is 5.91 Å². The molecule has 4 nitrogen and oxygen atoms in total. The number of hydrogen-bond donors (Lipinski definition) is 1. The third-order valence-electron chi connectivity index (χ3n) is 6.62. The fourth-order valence-corrected chi connectivity index (χ4v) is 5.77. The van der Waals surface area contributed by atoms with Gasteiger partial charge in [0.05, 0.1) is 12.1 Å². The highest BCUT2D eigenvalue weighted by Crippen LogP contribution is 2.53. The number of aromatic nitrogens is 2. The van der Waals surface area contributed by atoms with E-state index in [1.165, 1.54) is 32.1 Å². The Labute approximate surface area is 148 Å². The maximum Gasteiger partial charge on any atom is 0.224 e. The standard InChI is InChI=1S/C21H25N3O/c25-20(13-14-2-4-19(5-3-14)24-7-1-6-22-24)23-21-17-9-15-8-16(11-17)12-18(21)10-15/h1-7,15-18,21H,8-13H2,(H,23,25). The van der Waals surface area contributed by atoms with Gasteiger partial charge in [0.25, 0.3) is 0 Å². The first-order valence-electron chi connectivity index (χ1n) is 9.63. The zero-order valence-corrected chi connectivity index (χ0v) is 14.5. The van der Waals surface area contributed by atoms with Gasteiger partial charge >= 0.3 is 0 Å². The average molecular weight is 335 g/mol. The predicted molar refractivity (Wildman–Crippen MR) is 96.2 cm³/mol. The second-order valence-corrected chi connectivity index (χ2v) is 8.32. The smallest absolute Gasteiger partial charge is 0.224 e. The van der Waals surface area contributed by atoms with E-state index in [0.717, 1.165) is 34.9 Å². The van der Waals surface area contributed by atoms with Crippen molar-refractivity contribution in [2.75, 3.05) is 0 Å². The molecule has 25 heavy (non-hydrogen) atoms. The Balaban J connectivity index is 1.22. The Morgan fingerprint density at radius 3 is 2.32 bits per heavy atom. The Morgan fingerprint density at radius 2 is 1.72 bits per heavy atom. The normalized spacial score (nSPS) is 32.7. The van der Waals surface area contributed by atoms with Crippen LogP contribution in [-0.2, 0) is 11.2 Å². The van der Waals surface area contributed by atoms with Crippen LogP contribution in [0.2, 0.25) is 0 Å². The first-order chi connectivity index (χ1) is 12.2. The van der Waals surface area contributed by atoms with Gasteiger partial charge in [-0.25, -0.2) is 4.68 Å². The summed E-state index contributed by atoms with van der Waals surface area (Å²) in [7, 11) is 0. The molecule has 4 heteroatoms. The van der Waals surface area contributed by atoms with Crippen molar-refractivity contribution in [2.45, 2.75) is 44.6 Å². The van der Waals surface area contributed by atoms with Gasteiger partial charge in [-0.2, -0.15) is 5.10 Å². The van der Waals surface area contributed by atoms with Gasteiger partial charge in [-0.3, -0.25) is 4.79 Å². The Kier molecular flexibility index (Phi) is 3.65. The number of nitrogens with one attached hydrogen (secondary N) is 1. The molecular weight excluding hydrogens is 310 g/mol. The number of amides is 1. The number of nitrogens with zero attached hydrogens (tertiary/aromatic N) is 2. The van der Waals surface area contributed by atoms with Gasteiger partial charge in [-0.05, 0) is 79.5 Å². The predicted octanol–water partition coefficient (Wildman–Crippen LogP) is 3.36. The van der Waals surface area contributed by atoms with Crippen LogP contribution in [0.15, 0.2) is 42.7 Å². The van der Waals surface area contributed by atoms with E-state index >= 15 is 0 Å². The van der Waals surface area contributed by atoms with Crippen molar-refractivity contribution >= 4 is 5.91 Å². The monoisotopic (exact) mass is 335 g/mol. The molecule has 0 aliphatic heterocycles. The molecule has 4 bridgehead atoms. The van der Waals surface area contributed by atoms with Crippen LogP contribution in [0.3, 0.4) is 0 Å². The molecule has 0 radical (unpaired) electrons. The number of rotatable bonds is 4. The molecule has 0 atom stereocenters. The van der Waals surface area contributed by atoms with E-state index in [0.29, 0.717) is 12.5 Å². The van der Waals surface area contributed by atoms with Crippen LogP contribution in [0, 0.1) is 23.7 Å². The highest BCUT2D eigenvalue weighted by molar-refractivity contribution is 5.79. The molecule has 0 spiro atoms. The molecule has 1 heterocycles. The van der Waals surface area contributed by atoms with Gasteiger partial charge in [-0.15, -0.1) is 0 Å². The topological polar surface area (TPSA) is 46.9 Å². The van der Waals surface area contributed by atoms with Gasteiger partial charge in [0.15, 0.2) is 0 Å². The molecule has 4 aliphatic carbocycles. The number of benzene rings is 1. The van der Waals surface area contributed by atoms with Crippen molar-refractivity contribution < 1.29 is 4.79 Å². The maximum atomic E-state index is 12.6. The fourth-order valence-electron chi connectivity index (χ4n) is 5.77. The molecular formula is C21H25N3O. The average Bonchev–Trinajstić information content (AvgIpc) is 3.13. The molecule has 1 aromatic heterocycles. The summed E-state index contributed by atoms with van der Waals surface area (Å²) < 4.78 is 1.83. The Morgan fingerprint density at radius 1 is 1.04 bits per heavy atom. The lowest BCUT2D eigenvalue weighted by Crippen LogP contribution is -2.56. The third kappa shape index (κ3) is 2.88. The second kappa shape index (κ2) is 6.01. The zero-order chi connectivity index (χ0) is 16.8. The van der Waals surface area contributed by atoms with E-state index in [-0.39, 0.29) is 5.91 Å². The van der Waals surface area contributed by atoms with Crippen LogP contribution >= 0.6 is 0 Å². The van der Waals surface area contributed by atoms with Crippen LogP contribution in [0.1, 0.15) is 37.7 Å². The van der Waals surface area contributed by atoms with Crippen molar-refractivity contribution in [1.29, 1.82) is 0 Å². The molecule has 2 aromatic rings. The summed E-state index contributed by atoms with van der Waals surface area (Å²) in [6.45, 7) is 0. The second-order valence-electron chi connectivity index (χ2n) is 8.32. The summed E-state index contributed by atoms with van der Waals surface area (Å²) in [5.41, 5.74) is 2.09. The molecule has 0 saturated heterocycles. The molecule has 0 unspecified atom stereocenters. The molecule has 4 fully saturated rings. The number of hydrogen-bond acceptors (Lipinski definition) is 2. The number of carbonyl (C=O) groups excluding carboxylic acids is 1. The lowest BCUT2D eigenvalue weighted by Gasteiger charge is -2.54. The molecule has 6 rings (SSSR count). The molecule has 1 N–H and O–H groups in total. The Bertz CT molecular complexity index is 722. The van der Waals surface area contributed by atoms with E-state index in [1.54, 1.807) is 6.20 Å². The highest BCUT2D eigenvalue weighted by atomic mass is 16.1. The van der Waals surface area contributed by atoms with Crippen LogP contribution < -0.4 is 5.32 Å². The van der Waals surface area contributed by atoms with Gasteiger partial charge in [0.1, 0.15) is 0 Å². The van der Waals surface area contributed by atoms with Gasteiger partial charge < -0.3 is 5.32 Å². The maximum absolute atomic E-state index is 12.6. The SMILES string of the molecule is O=C(Cc1ccc(-n2cccn2)cc1)NC1C2CC3CC(C2)CC1C3. The molecule has 1 aromatic carbocycles. The zero-order valence-electron chi connectivity index (χ0n) is 14.5. The fraction of sp³-hybridized carbons (Fsp3) is 0.524. The number of carbonyl (C=O) groups is 1. The highest BCUT2D eigenvalue weighted by Gasteiger charge is 2.48. The molecule has 4 aliphatic rings. The van der Waals surface area contributed by atoms with Crippen LogP contribution in [0.4, 0.5) is 0 Å².